The summed E-state index contributed by atoms with van der Waals surface area (Å²) in [6.07, 6.45) is 0.956. The highest BCUT2D eigenvalue weighted by Crippen LogP contribution is 2.32. The lowest BCUT2D eigenvalue weighted by Crippen LogP contribution is -2.47. The molecule has 0 aliphatic carbocycles. The third-order valence-electron chi connectivity index (χ3n) is 4.40. The minimum Gasteiger partial charge on any atom is -0.350 e. The van der Waals surface area contributed by atoms with Gasteiger partial charge in [0.25, 0.3) is 0 Å². The zero-order valence-corrected chi connectivity index (χ0v) is 14.1. The van der Waals surface area contributed by atoms with E-state index in [9.17, 15) is 9.59 Å². The molecule has 0 spiro atoms. The predicted octanol–water partition coefficient (Wildman–Crippen LogP) is 2.98. The van der Waals surface area contributed by atoms with Gasteiger partial charge in [-0.1, -0.05) is 55.0 Å². The van der Waals surface area contributed by atoms with Gasteiger partial charge in [-0.15, -0.1) is 0 Å². The van der Waals surface area contributed by atoms with Crippen LogP contribution >= 0.6 is 0 Å². The van der Waals surface area contributed by atoms with Gasteiger partial charge < -0.3 is 5.32 Å². The molecule has 1 heterocycles. The highest BCUT2D eigenvalue weighted by Gasteiger charge is 2.37. The van der Waals surface area contributed by atoms with Crippen LogP contribution < -0.4 is 10.2 Å². The Morgan fingerprint density at radius 1 is 1.17 bits per heavy atom. The van der Waals surface area contributed by atoms with E-state index >= 15 is 0 Å². The Bertz CT molecular complexity index is 770. The quantitative estimate of drug-likeness (QED) is 0.941. The van der Waals surface area contributed by atoms with Crippen molar-refractivity contribution in [2.24, 2.45) is 0 Å². The maximum atomic E-state index is 12.7. The zero-order chi connectivity index (χ0) is 17.1. The fourth-order valence-corrected chi connectivity index (χ4v) is 3.20. The lowest BCUT2D eigenvalue weighted by molar-refractivity contribution is -0.126. The molecule has 0 bridgehead atoms. The van der Waals surface area contributed by atoms with E-state index in [0.29, 0.717) is 19.4 Å². The molecule has 124 valence electrons. The molecule has 0 fully saturated rings. The lowest BCUT2D eigenvalue weighted by Gasteiger charge is -2.24. The van der Waals surface area contributed by atoms with E-state index in [-0.39, 0.29) is 11.8 Å². The molecule has 2 aromatic carbocycles. The van der Waals surface area contributed by atoms with E-state index in [1.165, 1.54) is 0 Å². The predicted molar refractivity (Wildman–Crippen MR) is 94.7 cm³/mol. The van der Waals surface area contributed by atoms with Crippen molar-refractivity contribution in [1.82, 2.24) is 5.32 Å². The molecular weight excluding hydrogens is 300 g/mol. The summed E-state index contributed by atoms with van der Waals surface area (Å²) in [5, 5.41) is 2.98. The van der Waals surface area contributed by atoms with Crippen molar-refractivity contribution in [1.29, 1.82) is 0 Å². The molecule has 2 aromatic rings. The molecule has 1 atom stereocenters. The first-order valence-electron chi connectivity index (χ1n) is 8.33. The minimum absolute atomic E-state index is 0.0179. The smallest absolute Gasteiger partial charge is 0.243 e. The average molecular weight is 322 g/mol. The summed E-state index contributed by atoms with van der Waals surface area (Å²) in [6, 6.07) is 15.3. The molecule has 0 unspecified atom stereocenters. The monoisotopic (exact) mass is 322 g/mol. The summed E-state index contributed by atoms with van der Waals surface area (Å²) >= 11 is 0. The van der Waals surface area contributed by atoms with Gasteiger partial charge in [0.05, 0.1) is 0 Å². The molecule has 1 aliphatic rings. The van der Waals surface area contributed by atoms with Crippen molar-refractivity contribution in [3.8, 4) is 0 Å². The van der Waals surface area contributed by atoms with Gasteiger partial charge in [-0.05, 0) is 24.1 Å². The Labute approximate surface area is 142 Å². The van der Waals surface area contributed by atoms with Crippen molar-refractivity contribution in [3.63, 3.8) is 0 Å². The molecule has 0 aromatic heterocycles. The Hall–Kier alpha value is -2.62. The summed E-state index contributed by atoms with van der Waals surface area (Å²) in [6.45, 7) is 4.33. The van der Waals surface area contributed by atoms with Crippen LogP contribution in [0.4, 0.5) is 5.69 Å². The van der Waals surface area contributed by atoms with Gasteiger partial charge in [-0.2, -0.15) is 0 Å². The Kier molecular flexibility index (Phi) is 4.65. The molecule has 3 rings (SSSR count). The van der Waals surface area contributed by atoms with Crippen molar-refractivity contribution in [2.45, 2.75) is 39.3 Å². The number of hydrogen-bond acceptors (Lipinski definition) is 2. The highest BCUT2D eigenvalue weighted by atomic mass is 16.2. The number of fused-ring (bicyclic) bond motifs is 1. The van der Waals surface area contributed by atoms with Crippen LogP contribution in [0.3, 0.4) is 0 Å². The topological polar surface area (TPSA) is 49.4 Å². The van der Waals surface area contributed by atoms with Crippen LogP contribution in [0.25, 0.3) is 0 Å². The number of aryl methyl sites for hydroxylation is 1. The second-order valence-electron chi connectivity index (χ2n) is 6.17. The Morgan fingerprint density at radius 3 is 2.71 bits per heavy atom. The maximum Gasteiger partial charge on any atom is 0.243 e. The van der Waals surface area contributed by atoms with Crippen molar-refractivity contribution in [3.05, 3.63) is 65.2 Å². The molecule has 0 radical (unpaired) electrons. The van der Waals surface area contributed by atoms with Gasteiger partial charge in [0.1, 0.15) is 6.04 Å². The van der Waals surface area contributed by atoms with E-state index in [4.69, 9.17) is 0 Å². The molecule has 0 saturated carbocycles. The number of carbonyl (C=O) groups is 2. The van der Waals surface area contributed by atoms with Crippen LogP contribution in [0, 0.1) is 6.92 Å². The number of carbonyl (C=O) groups excluding carboxylic acids is 2. The number of rotatable bonds is 4. The normalized spacial score (nSPS) is 15.9. The van der Waals surface area contributed by atoms with Crippen molar-refractivity contribution in [2.75, 3.05) is 4.90 Å². The molecule has 1 N–H and O–H groups in total. The fraction of sp³-hybridized carbons (Fsp3) is 0.300. The SMILES string of the molecule is CCC(=O)N1c2ccccc2C[C@H]1C(=O)NCc1cccc(C)c1. The average Bonchev–Trinajstić information content (AvgIpc) is 2.98. The van der Waals surface area contributed by atoms with Crippen LogP contribution in [0.15, 0.2) is 48.5 Å². The van der Waals surface area contributed by atoms with Crippen LogP contribution in [0.2, 0.25) is 0 Å². The Balaban J connectivity index is 1.75. The van der Waals surface area contributed by atoms with Crippen LogP contribution in [0.1, 0.15) is 30.0 Å². The van der Waals surface area contributed by atoms with Crippen LogP contribution in [-0.2, 0) is 22.6 Å². The summed E-state index contributed by atoms with van der Waals surface area (Å²) in [7, 11) is 0. The minimum atomic E-state index is -0.459. The van der Waals surface area contributed by atoms with Gasteiger partial charge in [0.2, 0.25) is 11.8 Å². The summed E-state index contributed by atoms with van der Waals surface area (Å²) < 4.78 is 0. The first-order valence-corrected chi connectivity index (χ1v) is 8.33. The molecular formula is C20H22N2O2. The number of nitrogens with one attached hydrogen (secondary N) is 1. The Morgan fingerprint density at radius 2 is 1.96 bits per heavy atom. The van der Waals surface area contributed by atoms with E-state index in [0.717, 1.165) is 22.4 Å². The van der Waals surface area contributed by atoms with Crippen molar-refractivity contribution >= 4 is 17.5 Å². The van der Waals surface area contributed by atoms with E-state index < -0.39 is 6.04 Å². The van der Waals surface area contributed by atoms with Gasteiger partial charge in [0, 0.05) is 25.1 Å². The van der Waals surface area contributed by atoms with Gasteiger partial charge in [-0.3, -0.25) is 14.5 Å². The third-order valence-corrected chi connectivity index (χ3v) is 4.40. The molecule has 0 saturated heterocycles. The van der Waals surface area contributed by atoms with E-state index in [2.05, 4.69) is 11.4 Å². The lowest BCUT2D eigenvalue weighted by atomic mass is 10.1. The largest absolute Gasteiger partial charge is 0.350 e. The maximum absolute atomic E-state index is 12.7. The van der Waals surface area contributed by atoms with Crippen molar-refractivity contribution < 1.29 is 9.59 Å². The molecule has 2 amide bonds. The number of benzene rings is 2. The number of para-hydroxylation sites is 1. The summed E-state index contributed by atoms with van der Waals surface area (Å²) in [5.41, 5.74) is 4.14. The molecule has 4 nitrogen and oxygen atoms in total. The van der Waals surface area contributed by atoms with Gasteiger partial charge in [-0.25, -0.2) is 0 Å². The second kappa shape index (κ2) is 6.87. The van der Waals surface area contributed by atoms with Crippen LogP contribution in [0.5, 0.6) is 0 Å². The third kappa shape index (κ3) is 3.18. The van der Waals surface area contributed by atoms with E-state index in [1.54, 1.807) is 4.90 Å². The van der Waals surface area contributed by atoms with E-state index in [1.807, 2.05) is 56.3 Å². The number of anilines is 1. The molecule has 24 heavy (non-hydrogen) atoms. The number of amides is 2. The first-order chi connectivity index (χ1) is 11.6. The number of hydrogen-bond donors (Lipinski definition) is 1. The molecule has 4 heteroatoms. The summed E-state index contributed by atoms with van der Waals surface area (Å²) in [4.78, 5) is 26.7. The van der Waals surface area contributed by atoms with Gasteiger partial charge in [0.15, 0.2) is 0 Å². The second-order valence-corrected chi connectivity index (χ2v) is 6.17. The van der Waals surface area contributed by atoms with Gasteiger partial charge >= 0.3 is 0 Å². The summed E-state index contributed by atoms with van der Waals surface area (Å²) in [5.74, 6) is -0.120. The zero-order valence-electron chi connectivity index (χ0n) is 14.1. The standard InChI is InChI=1S/C20H22N2O2/c1-3-19(23)22-17-10-5-4-9-16(17)12-18(22)20(24)21-13-15-8-6-7-14(2)11-15/h4-11,18H,3,12-13H2,1-2H3,(H,21,24)/t18-/m0/s1. The fourth-order valence-electron chi connectivity index (χ4n) is 3.20. The number of nitrogens with zero attached hydrogens (tertiary/aromatic N) is 1. The van der Waals surface area contributed by atoms with Crippen LogP contribution in [-0.4, -0.2) is 17.9 Å². The highest BCUT2D eigenvalue weighted by molar-refractivity contribution is 6.03. The first kappa shape index (κ1) is 16.2. The molecule has 1 aliphatic heterocycles.